The fraction of sp³-hybridized carbons (Fsp3) is 0.517. The summed E-state index contributed by atoms with van der Waals surface area (Å²) in [7, 11) is 2.08. The van der Waals surface area contributed by atoms with Crippen molar-refractivity contribution in [1.29, 1.82) is 0 Å². The molecule has 3 fully saturated rings. The van der Waals surface area contributed by atoms with Crippen molar-refractivity contribution in [2.24, 2.45) is 5.92 Å². The highest BCUT2D eigenvalue weighted by molar-refractivity contribution is 6.36. The maximum Gasteiger partial charge on any atom is 0.253 e. The van der Waals surface area contributed by atoms with Gasteiger partial charge in [0.15, 0.2) is 0 Å². The van der Waals surface area contributed by atoms with Gasteiger partial charge in [-0.1, -0.05) is 54.6 Å². The zero-order valence-electron chi connectivity index (χ0n) is 21.4. The van der Waals surface area contributed by atoms with Crippen molar-refractivity contribution in [3.05, 3.63) is 57.6 Å². The molecule has 5 nitrogen and oxygen atoms in total. The summed E-state index contributed by atoms with van der Waals surface area (Å²) in [6, 6.07) is 11.9. The second kappa shape index (κ2) is 12.4. The van der Waals surface area contributed by atoms with Crippen LogP contribution in [0.2, 0.25) is 10.0 Å². The molecule has 2 aliphatic heterocycles. The van der Waals surface area contributed by atoms with Crippen molar-refractivity contribution in [3.8, 4) is 11.1 Å². The standard InChI is InChI=1S/C29H35Cl2N3O2.ClH/c1-32-13-15-33(16-14-32)28(35)21-9-7-20(8-10-21)23-18-26(30)25(27(31)19-23)17-22-11-12-34(29(22)36)24-5-3-2-4-6-24;/h7-10,18-19,22,24H,2-6,11-17H2,1H3;1H. The summed E-state index contributed by atoms with van der Waals surface area (Å²) < 4.78 is 0. The van der Waals surface area contributed by atoms with E-state index in [0.29, 0.717) is 28.1 Å². The quantitative estimate of drug-likeness (QED) is 0.435. The van der Waals surface area contributed by atoms with Gasteiger partial charge in [0.25, 0.3) is 5.91 Å². The van der Waals surface area contributed by atoms with Crippen LogP contribution in [0.15, 0.2) is 36.4 Å². The van der Waals surface area contributed by atoms with Gasteiger partial charge in [-0.15, -0.1) is 12.4 Å². The Kier molecular flexibility index (Phi) is 9.44. The molecule has 2 saturated heterocycles. The van der Waals surface area contributed by atoms with Crippen LogP contribution >= 0.6 is 35.6 Å². The average Bonchev–Trinajstić information content (AvgIpc) is 3.26. The molecule has 0 N–H and O–H groups in total. The van der Waals surface area contributed by atoms with Crippen LogP contribution in [0.3, 0.4) is 0 Å². The van der Waals surface area contributed by atoms with Crippen LogP contribution in [0.4, 0.5) is 0 Å². The van der Waals surface area contributed by atoms with E-state index in [1.165, 1.54) is 19.3 Å². The summed E-state index contributed by atoms with van der Waals surface area (Å²) in [4.78, 5) is 32.3. The zero-order chi connectivity index (χ0) is 25.2. The summed E-state index contributed by atoms with van der Waals surface area (Å²) in [5.41, 5.74) is 3.42. The monoisotopic (exact) mass is 563 g/mol. The Hall–Kier alpha value is -1.79. The third-order valence-corrected chi connectivity index (χ3v) is 8.89. The van der Waals surface area contributed by atoms with Gasteiger partial charge in [0.05, 0.1) is 0 Å². The number of piperazine rings is 1. The predicted molar refractivity (Wildman–Crippen MR) is 153 cm³/mol. The molecule has 0 radical (unpaired) electrons. The van der Waals surface area contributed by atoms with E-state index in [1.807, 2.05) is 41.3 Å². The number of rotatable bonds is 5. The average molecular weight is 565 g/mol. The summed E-state index contributed by atoms with van der Waals surface area (Å²) in [5.74, 6) is 0.288. The normalized spacial score (nSPS) is 21.3. The lowest BCUT2D eigenvalue weighted by Crippen LogP contribution is -2.47. The van der Waals surface area contributed by atoms with E-state index >= 15 is 0 Å². The van der Waals surface area contributed by atoms with Crippen molar-refractivity contribution in [2.45, 2.75) is 51.0 Å². The first-order chi connectivity index (χ1) is 17.4. The molecule has 1 atom stereocenters. The third kappa shape index (κ3) is 6.27. The first kappa shape index (κ1) is 28.2. The number of amides is 2. The van der Waals surface area contributed by atoms with E-state index in [4.69, 9.17) is 23.2 Å². The Bertz CT molecular complexity index is 1090. The van der Waals surface area contributed by atoms with Crippen LogP contribution in [0.5, 0.6) is 0 Å². The smallest absolute Gasteiger partial charge is 0.253 e. The third-order valence-electron chi connectivity index (χ3n) is 8.21. The van der Waals surface area contributed by atoms with Gasteiger partial charge in [-0.3, -0.25) is 9.59 Å². The predicted octanol–water partition coefficient (Wildman–Crippen LogP) is 6.19. The van der Waals surface area contributed by atoms with Gasteiger partial charge in [-0.2, -0.15) is 0 Å². The van der Waals surface area contributed by atoms with E-state index in [0.717, 1.165) is 68.7 Å². The number of carbonyl (C=O) groups is 2. The molecule has 1 unspecified atom stereocenters. The minimum Gasteiger partial charge on any atom is -0.339 e. The topological polar surface area (TPSA) is 43.9 Å². The zero-order valence-corrected chi connectivity index (χ0v) is 23.8. The minimum absolute atomic E-state index is 0. The fourth-order valence-electron chi connectivity index (χ4n) is 5.92. The highest BCUT2D eigenvalue weighted by Gasteiger charge is 2.36. The van der Waals surface area contributed by atoms with Crippen LogP contribution in [0.25, 0.3) is 11.1 Å². The maximum atomic E-state index is 13.1. The van der Waals surface area contributed by atoms with Crippen LogP contribution in [0, 0.1) is 5.92 Å². The first-order valence-corrected chi connectivity index (χ1v) is 14.0. The molecule has 37 heavy (non-hydrogen) atoms. The lowest BCUT2D eigenvalue weighted by Gasteiger charge is -2.32. The second-order valence-electron chi connectivity index (χ2n) is 10.6. The number of likely N-dealkylation sites (tertiary alicyclic amines) is 1. The molecule has 8 heteroatoms. The molecule has 2 aromatic rings. The van der Waals surface area contributed by atoms with E-state index in [2.05, 4.69) is 16.8 Å². The Balaban J connectivity index is 0.00000320. The molecule has 2 amide bonds. The second-order valence-corrected chi connectivity index (χ2v) is 11.4. The number of hydrogen-bond donors (Lipinski definition) is 0. The van der Waals surface area contributed by atoms with Crippen LogP contribution in [0.1, 0.15) is 54.4 Å². The highest BCUT2D eigenvalue weighted by Crippen LogP contribution is 2.36. The Morgan fingerprint density at radius 1 is 0.865 bits per heavy atom. The molecule has 5 rings (SSSR count). The highest BCUT2D eigenvalue weighted by atomic mass is 35.5. The maximum absolute atomic E-state index is 13.1. The number of carbonyl (C=O) groups excluding carboxylic acids is 2. The van der Waals surface area contributed by atoms with Crippen LogP contribution in [-0.4, -0.2) is 72.3 Å². The van der Waals surface area contributed by atoms with Gasteiger partial charge < -0.3 is 14.7 Å². The van der Waals surface area contributed by atoms with Crippen molar-refractivity contribution >= 4 is 47.4 Å². The van der Waals surface area contributed by atoms with Gasteiger partial charge in [-0.25, -0.2) is 0 Å². The van der Waals surface area contributed by atoms with E-state index < -0.39 is 0 Å². The number of hydrogen-bond acceptors (Lipinski definition) is 3. The largest absolute Gasteiger partial charge is 0.339 e. The van der Waals surface area contributed by atoms with Gasteiger partial charge in [-0.05, 0) is 73.7 Å². The van der Waals surface area contributed by atoms with Gasteiger partial charge >= 0.3 is 0 Å². The summed E-state index contributed by atoms with van der Waals surface area (Å²) in [6.45, 7) is 4.16. The molecule has 0 bridgehead atoms. The summed E-state index contributed by atoms with van der Waals surface area (Å²) >= 11 is 13.4. The lowest BCUT2D eigenvalue weighted by molar-refractivity contribution is -0.133. The van der Waals surface area contributed by atoms with E-state index in [9.17, 15) is 9.59 Å². The Morgan fingerprint density at radius 3 is 2.11 bits per heavy atom. The van der Waals surface area contributed by atoms with Crippen molar-refractivity contribution in [2.75, 3.05) is 39.8 Å². The number of likely N-dealkylation sites (N-methyl/N-ethyl adjacent to an activating group) is 1. The molecule has 0 aromatic heterocycles. The minimum atomic E-state index is -0.0485. The van der Waals surface area contributed by atoms with Crippen molar-refractivity contribution in [3.63, 3.8) is 0 Å². The first-order valence-electron chi connectivity index (χ1n) is 13.3. The molecule has 3 aliphatic rings. The molecule has 200 valence electrons. The molecule has 2 aromatic carbocycles. The SMILES string of the molecule is CN1CCN(C(=O)c2ccc(-c3cc(Cl)c(CC4CCN(C5CCCCC5)C4=O)c(Cl)c3)cc2)CC1.Cl. The van der Waals surface area contributed by atoms with E-state index in [1.54, 1.807) is 0 Å². The molecular formula is C29H36Cl3N3O2. The molecular weight excluding hydrogens is 529 g/mol. The van der Waals surface area contributed by atoms with E-state index in [-0.39, 0.29) is 30.1 Å². The van der Waals surface area contributed by atoms with Gasteiger partial charge in [0.2, 0.25) is 5.91 Å². The van der Waals surface area contributed by atoms with Crippen molar-refractivity contribution in [1.82, 2.24) is 14.7 Å². The van der Waals surface area contributed by atoms with Gasteiger partial charge in [0, 0.05) is 60.3 Å². The Morgan fingerprint density at radius 2 is 1.49 bits per heavy atom. The molecule has 1 saturated carbocycles. The Labute approximate surface area is 236 Å². The number of nitrogens with zero attached hydrogens (tertiary/aromatic N) is 3. The van der Waals surface area contributed by atoms with Crippen LogP contribution in [-0.2, 0) is 11.2 Å². The van der Waals surface area contributed by atoms with Crippen molar-refractivity contribution < 1.29 is 9.59 Å². The molecule has 2 heterocycles. The number of halogens is 3. The number of benzene rings is 2. The molecule has 1 aliphatic carbocycles. The lowest BCUT2D eigenvalue weighted by atomic mass is 9.93. The molecule has 0 spiro atoms. The summed E-state index contributed by atoms with van der Waals surface area (Å²) in [5, 5.41) is 1.19. The fourth-order valence-corrected chi connectivity index (χ4v) is 6.56. The van der Waals surface area contributed by atoms with Crippen LogP contribution < -0.4 is 0 Å². The summed E-state index contributed by atoms with van der Waals surface area (Å²) in [6.07, 6.45) is 7.45. The van der Waals surface area contributed by atoms with Gasteiger partial charge in [0.1, 0.15) is 0 Å².